The highest BCUT2D eigenvalue weighted by molar-refractivity contribution is 5.74. The average Bonchev–Trinajstić information content (AvgIpc) is 2.27. The maximum absolute atomic E-state index is 10.5. The molecule has 0 aliphatic carbocycles. The van der Waals surface area contributed by atoms with Gasteiger partial charge in [0, 0.05) is 5.56 Å². The van der Waals surface area contributed by atoms with Crippen LogP contribution in [0.1, 0.15) is 29.8 Å². The second kappa shape index (κ2) is 5.91. The summed E-state index contributed by atoms with van der Waals surface area (Å²) in [5.41, 5.74) is 3.01. The summed E-state index contributed by atoms with van der Waals surface area (Å²) in [6, 6.07) is 7.50. The first-order chi connectivity index (χ1) is 7.61. The second-order valence-corrected chi connectivity index (χ2v) is 3.86. The van der Waals surface area contributed by atoms with E-state index in [1.165, 1.54) is 0 Å². The van der Waals surface area contributed by atoms with Crippen LogP contribution in [0, 0.1) is 0 Å². The lowest BCUT2D eigenvalue weighted by atomic mass is 10.0. The molecule has 2 heteroatoms. The highest BCUT2D eigenvalue weighted by atomic mass is 16.3. The maximum atomic E-state index is 10.5. The van der Waals surface area contributed by atoms with Crippen molar-refractivity contribution in [3.8, 4) is 0 Å². The van der Waals surface area contributed by atoms with Crippen LogP contribution in [0.4, 0.5) is 0 Å². The van der Waals surface area contributed by atoms with Gasteiger partial charge in [-0.1, -0.05) is 35.9 Å². The molecule has 84 valence electrons. The molecule has 0 saturated carbocycles. The lowest BCUT2D eigenvalue weighted by Crippen LogP contribution is -1.88. The van der Waals surface area contributed by atoms with Crippen molar-refractivity contribution < 1.29 is 9.90 Å². The summed E-state index contributed by atoms with van der Waals surface area (Å²) in [5, 5.41) is 9.01. The fraction of sp³-hybridized carbons (Fsp3) is 0.214. The topological polar surface area (TPSA) is 37.3 Å². The fourth-order valence-corrected chi connectivity index (χ4v) is 1.36. The Balaban J connectivity index is 2.69. The quantitative estimate of drug-likeness (QED) is 0.475. The number of rotatable bonds is 4. The van der Waals surface area contributed by atoms with E-state index in [1.54, 1.807) is 13.0 Å². The van der Waals surface area contributed by atoms with Gasteiger partial charge in [-0.3, -0.25) is 4.79 Å². The third kappa shape index (κ3) is 4.13. The Labute approximate surface area is 95.9 Å². The van der Waals surface area contributed by atoms with Crippen molar-refractivity contribution in [2.24, 2.45) is 0 Å². The van der Waals surface area contributed by atoms with Gasteiger partial charge in [-0.05, 0) is 31.9 Å². The Morgan fingerprint density at radius 2 is 1.81 bits per heavy atom. The predicted octanol–water partition coefficient (Wildman–Crippen LogP) is 3.45. The van der Waals surface area contributed by atoms with Crippen molar-refractivity contribution in [3.63, 3.8) is 0 Å². The summed E-state index contributed by atoms with van der Waals surface area (Å²) in [6.45, 7) is 3.65. The van der Waals surface area contributed by atoms with Crippen LogP contribution >= 0.6 is 0 Å². The first-order valence-electron chi connectivity index (χ1n) is 5.19. The van der Waals surface area contributed by atoms with Gasteiger partial charge in [0.25, 0.3) is 0 Å². The third-order valence-corrected chi connectivity index (χ3v) is 2.21. The lowest BCUT2D eigenvalue weighted by Gasteiger charge is -2.01. The molecule has 1 aromatic rings. The second-order valence-electron chi connectivity index (χ2n) is 3.86. The minimum atomic E-state index is 0.302. The summed E-state index contributed by atoms with van der Waals surface area (Å²) in [5.74, 6) is 0.302. The van der Waals surface area contributed by atoms with E-state index in [9.17, 15) is 4.79 Å². The van der Waals surface area contributed by atoms with Gasteiger partial charge < -0.3 is 5.11 Å². The van der Waals surface area contributed by atoms with Crippen molar-refractivity contribution in [3.05, 3.63) is 58.9 Å². The van der Waals surface area contributed by atoms with Gasteiger partial charge in [0.05, 0.1) is 5.76 Å². The number of carbonyl (C=O) groups excluding carboxylic acids is 1. The molecule has 0 heterocycles. The zero-order valence-corrected chi connectivity index (χ0v) is 9.60. The SMILES string of the molecule is C/C(O)=C\C=C(/C)Cc1ccc(C=O)cc1. The Morgan fingerprint density at radius 3 is 2.31 bits per heavy atom. The lowest BCUT2D eigenvalue weighted by molar-refractivity contribution is 0.112. The average molecular weight is 216 g/mol. The summed E-state index contributed by atoms with van der Waals surface area (Å²) >= 11 is 0. The number of aliphatic hydroxyl groups is 1. The maximum Gasteiger partial charge on any atom is 0.150 e. The standard InChI is InChI=1S/C14H16O2/c1-11(3-4-12(2)16)9-13-5-7-14(10-15)8-6-13/h3-8,10,16H,9H2,1-2H3/b11-3+,12-4+. The summed E-state index contributed by atoms with van der Waals surface area (Å²) < 4.78 is 0. The Kier molecular flexibility index (Phi) is 4.52. The predicted molar refractivity (Wildman–Crippen MR) is 65.7 cm³/mol. The van der Waals surface area contributed by atoms with Crippen molar-refractivity contribution in [1.29, 1.82) is 0 Å². The zero-order valence-electron chi connectivity index (χ0n) is 9.60. The molecule has 0 saturated heterocycles. The van der Waals surface area contributed by atoms with Gasteiger partial charge in [0.1, 0.15) is 6.29 Å². The van der Waals surface area contributed by atoms with Crippen LogP contribution in [-0.4, -0.2) is 11.4 Å². The Bertz CT molecular complexity index is 407. The van der Waals surface area contributed by atoms with E-state index in [0.29, 0.717) is 11.3 Å². The van der Waals surface area contributed by atoms with Gasteiger partial charge in [-0.15, -0.1) is 0 Å². The molecular formula is C14H16O2. The number of aldehydes is 1. The number of aliphatic hydroxyl groups excluding tert-OH is 1. The fourth-order valence-electron chi connectivity index (χ4n) is 1.36. The molecule has 16 heavy (non-hydrogen) atoms. The van der Waals surface area contributed by atoms with Gasteiger partial charge >= 0.3 is 0 Å². The molecule has 0 fully saturated rings. The number of carbonyl (C=O) groups is 1. The van der Waals surface area contributed by atoms with Crippen LogP contribution in [0.15, 0.2) is 47.7 Å². The molecule has 1 aromatic carbocycles. The molecule has 0 aliphatic heterocycles. The van der Waals surface area contributed by atoms with Crippen LogP contribution < -0.4 is 0 Å². The molecule has 0 amide bonds. The smallest absolute Gasteiger partial charge is 0.150 e. The first-order valence-corrected chi connectivity index (χ1v) is 5.19. The van der Waals surface area contributed by atoms with Crippen LogP contribution in [0.5, 0.6) is 0 Å². The molecule has 2 nitrogen and oxygen atoms in total. The van der Waals surface area contributed by atoms with Gasteiger partial charge in [0.15, 0.2) is 0 Å². The van der Waals surface area contributed by atoms with Crippen molar-refractivity contribution in [1.82, 2.24) is 0 Å². The van der Waals surface area contributed by atoms with Crippen LogP contribution in [0.2, 0.25) is 0 Å². The van der Waals surface area contributed by atoms with Crippen molar-refractivity contribution in [2.75, 3.05) is 0 Å². The summed E-state index contributed by atoms with van der Waals surface area (Å²) in [6.07, 6.45) is 5.23. The normalized spacial score (nSPS) is 12.6. The minimum Gasteiger partial charge on any atom is -0.513 e. The van der Waals surface area contributed by atoms with Gasteiger partial charge in [0.2, 0.25) is 0 Å². The molecule has 0 bridgehead atoms. The van der Waals surface area contributed by atoms with Gasteiger partial charge in [-0.2, -0.15) is 0 Å². The van der Waals surface area contributed by atoms with Crippen molar-refractivity contribution >= 4 is 6.29 Å². The van der Waals surface area contributed by atoms with Crippen LogP contribution in [0.3, 0.4) is 0 Å². The Morgan fingerprint density at radius 1 is 1.19 bits per heavy atom. The zero-order chi connectivity index (χ0) is 12.0. The number of hydrogen-bond donors (Lipinski definition) is 1. The van der Waals surface area contributed by atoms with Crippen LogP contribution in [0.25, 0.3) is 0 Å². The molecule has 1 rings (SSSR count). The summed E-state index contributed by atoms with van der Waals surface area (Å²) in [7, 11) is 0. The molecule has 0 aromatic heterocycles. The molecule has 0 atom stereocenters. The molecule has 0 spiro atoms. The highest BCUT2D eigenvalue weighted by Gasteiger charge is 1.95. The Hall–Kier alpha value is -1.83. The van der Waals surface area contributed by atoms with Crippen molar-refractivity contribution in [2.45, 2.75) is 20.3 Å². The number of benzene rings is 1. The minimum absolute atomic E-state index is 0.302. The van der Waals surface area contributed by atoms with E-state index >= 15 is 0 Å². The third-order valence-electron chi connectivity index (χ3n) is 2.21. The molecule has 1 N–H and O–H groups in total. The van der Waals surface area contributed by atoms with E-state index in [4.69, 9.17) is 5.11 Å². The van der Waals surface area contributed by atoms with Gasteiger partial charge in [-0.25, -0.2) is 0 Å². The van der Waals surface area contributed by atoms with E-state index in [2.05, 4.69) is 0 Å². The number of hydrogen-bond acceptors (Lipinski definition) is 2. The molecule has 0 radical (unpaired) electrons. The van der Waals surface area contributed by atoms with Crippen LogP contribution in [-0.2, 0) is 6.42 Å². The molecule has 0 aliphatic rings. The molecular weight excluding hydrogens is 200 g/mol. The van der Waals surface area contributed by atoms with E-state index in [0.717, 1.165) is 23.8 Å². The number of allylic oxidation sites excluding steroid dienone is 4. The first kappa shape index (κ1) is 12.2. The summed E-state index contributed by atoms with van der Waals surface area (Å²) in [4.78, 5) is 10.5. The van der Waals surface area contributed by atoms with E-state index in [-0.39, 0.29) is 0 Å². The van der Waals surface area contributed by atoms with E-state index in [1.807, 2.05) is 37.3 Å². The largest absolute Gasteiger partial charge is 0.513 e. The highest BCUT2D eigenvalue weighted by Crippen LogP contribution is 2.09. The monoisotopic (exact) mass is 216 g/mol. The van der Waals surface area contributed by atoms with E-state index < -0.39 is 0 Å². The molecule has 0 unspecified atom stereocenters.